The molecule has 1 atom stereocenters. The average molecular weight is 217 g/mol. The number of benzene rings is 1. The van der Waals surface area contributed by atoms with Crippen LogP contribution < -0.4 is 0 Å². The van der Waals surface area contributed by atoms with E-state index in [4.69, 9.17) is 0 Å². The van der Waals surface area contributed by atoms with Gasteiger partial charge in [-0.15, -0.1) is 0 Å². The summed E-state index contributed by atoms with van der Waals surface area (Å²) in [6, 6.07) is 7.49. The molecule has 1 aromatic carbocycles. The molecule has 0 aromatic heterocycles. The highest BCUT2D eigenvalue weighted by molar-refractivity contribution is 5.99. The van der Waals surface area contributed by atoms with Gasteiger partial charge in [0.15, 0.2) is 0 Å². The third-order valence-corrected chi connectivity index (χ3v) is 3.01. The fraction of sp³-hybridized carbons (Fsp3) is 0.385. The monoisotopic (exact) mass is 217 g/mol. The number of hydrogen-bond donors (Lipinski definition) is 0. The molecular formula is C13H15NO2. The summed E-state index contributed by atoms with van der Waals surface area (Å²) in [7, 11) is 0. The molecule has 0 fully saturated rings. The van der Waals surface area contributed by atoms with Crippen molar-refractivity contribution in [2.45, 2.75) is 26.3 Å². The molecule has 1 aromatic rings. The first-order valence-corrected chi connectivity index (χ1v) is 5.54. The topological polar surface area (TPSA) is 37.4 Å². The van der Waals surface area contributed by atoms with Gasteiger partial charge in [-0.05, 0) is 25.5 Å². The minimum absolute atomic E-state index is 0.0457. The zero-order chi connectivity index (χ0) is 11.7. The maximum atomic E-state index is 12.0. The summed E-state index contributed by atoms with van der Waals surface area (Å²) in [5.41, 5.74) is 1.74. The first kappa shape index (κ1) is 10.9. The first-order chi connectivity index (χ1) is 7.65. The lowest BCUT2D eigenvalue weighted by Crippen LogP contribution is -2.28. The van der Waals surface area contributed by atoms with Crippen LogP contribution in [0, 0.1) is 0 Å². The summed E-state index contributed by atoms with van der Waals surface area (Å²) in [5, 5.41) is 0. The van der Waals surface area contributed by atoms with Gasteiger partial charge in [0.25, 0.3) is 5.91 Å². The minimum Gasteiger partial charge on any atom is -0.331 e. The maximum absolute atomic E-state index is 12.0. The van der Waals surface area contributed by atoms with Crippen LogP contribution in [0.3, 0.4) is 0 Å². The van der Waals surface area contributed by atoms with Crippen LogP contribution in [0.1, 0.15) is 42.2 Å². The van der Waals surface area contributed by atoms with Gasteiger partial charge in [-0.3, -0.25) is 9.59 Å². The predicted octanol–water partition coefficient (Wildman–Crippen LogP) is 2.18. The molecule has 84 valence electrons. The van der Waals surface area contributed by atoms with Gasteiger partial charge in [0.2, 0.25) is 0 Å². The Hall–Kier alpha value is -1.64. The van der Waals surface area contributed by atoms with Crippen molar-refractivity contribution < 1.29 is 9.59 Å². The molecular weight excluding hydrogens is 202 g/mol. The molecule has 16 heavy (non-hydrogen) atoms. The van der Waals surface area contributed by atoms with Crippen molar-refractivity contribution in [1.82, 2.24) is 4.90 Å². The van der Waals surface area contributed by atoms with Crippen molar-refractivity contribution in [1.29, 1.82) is 0 Å². The SMILES string of the molecule is CCN1C(=O)c2ccccc2C1CC(C)=O. The van der Waals surface area contributed by atoms with Crippen molar-refractivity contribution in [3.63, 3.8) is 0 Å². The fourth-order valence-electron chi connectivity index (χ4n) is 2.30. The highest BCUT2D eigenvalue weighted by Crippen LogP contribution is 2.35. The third kappa shape index (κ3) is 1.62. The minimum atomic E-state index is -0.0637. The molecule has 0 saturated heterocycles. The van der Waals surface area contributed by atoms with Crippen molar-refractivity contribution in [2.75, 3.05) is 6.54 Å². The summed E-state index contributed by atoms with van der Waals surface area (Å²) in [5.74, 6) is 0.164. The molecule has 3 heteroatoms. The van der Waals surface area contributed by atoms with E-state index in [0.717, 1.165) is 11.1 Å². The van der Waals surface area contributed by atoms with Gasteiger partial charge >= 0.3 is 0 Å². The maximum Gasteiger partial charge on any atom is 0.254 e. The molecule has 0 bridgehead atoms. The zero-order valence-corrected chi connectivity index (χ0v) is 9.56. The molecule has 1 amide bonds. The second kappa shape index (κ2) is 4.08. The van der Waals surface area contributed by atoms with Gasteiger partial charge in [-0.2, -0.15) is 0 Å². The molecule has 0 aliphatic carbocycles. The number of amides is 1. The molecule has 0 radical (unpaired) electrons. The van der Waals surface area contributed by atoms with Crippen LogP contribution in [0.15, 0.2) is 24.3 Å². The molecule has 1 aliphatic heterocycles. The number of hydrogen-bond acceptors (Lipinski definition) is 2. The lowest BCUT2D eigenvalue weighted by molar-refractivity contribution is -0.117. The molecule has 2 rings (SSSR count). The lowest BCUT2D eigenvalue weighted by atomic mass is 10.0. The number of nitrogens with zero attached hydrogens (tertiary/aromatic N) is 1. The van der Waals surface area contributed by atoms with E-state index < -0.39 is 0 Å². The smallest absolute Gasteiger partial charge is 0.254 e. The number of Topliss-reactive ketones (excluding diaryl/α,β-unsaturated/α-hetero) is 1. The van der Waals surface area contributed by atoms with Gasteiger partial charge in [0.05, 0.1) is 6.04 Å². The van der Waals surface area contributed by atoms with E-state index in [-0.39, 0.29) is 17.7 Å². The molecule has 0 saturated carbocycles. The van der Waals surface area contributed by atoms with Crippen LogP contribution in [-0.2, 0) is 4.79 Å². The molecule has 1 unspecified atom stereocenters. The van der Waals surface area contributed by atoms with Crippen LogP contribution in [0.2, 0.25) is 0 Å². The quantitative estimate of drug-likeness (QED) is 0.778. The van der Waals surface area contributed by atoms with Crippen molar-refractivity contribution >= 4 is 11.7 Å². The normalized spacial score (nSPS) is 18.8. The Labute approximate surface area is 95.1 Å². The first-order valence-electron chi connectivity index (χ1n) is 5.54. The molecule has 0 spiro atoms. The van der Waals surface area contributed by atoms with Crippen molar-refractivity contribution in [3.05, 3.63) is 35.4 Å². The van der Waals surface area contributed by atoms with Crippen LogP contribution in [0.25, 0.3) is 0 Å². The zero-order valence-electron chi connectivity index (χ0n) is 9.56. The average Bonchev–Trinajstić information content (AvgIpc) is 2.52. The van der Waals surface area contributed by atoms with Crippen LogP contribution in [0.5, 0.6) is 0 Å². The van der Waals surface area contributed by atoms with Gasteiger partial charge < -0.3 is 4.90 Å². The molecule has 3 nitrogen and oxygen atoms in total. The second-order valence-corrected chi connectivity index (χ2v) is 4.10. The Morgan fingerprint density at radius 2 is 2.06 bits per heavy atom. The van der Waals surface area contributed by atoms with Gasteiger partial charge in [-0.25, -0.2) is 0 Å². The summed E-state index contributed by atoms with van der Waals surface area (Å²) in [4.78, 5) is 25.0. The highest BCUT2D eigenvalue weighted by Gasteiger charge is 2.35. The van der Waals surface area contributed by atoms with Crippen LogP contribution in [-0.4, -0.2) is 23.1 Å². The number of fused-ring (bicyclic) bond motifs is 1. The lowest BCUT2D eigenvalue weighted by Gasteiger charge is -2.22. The predicted molar refractivity (Wildman–Crippen MR) is 61.2 cm³/mol. The molecule has 1 heterocycles. The Kier molecular flexibility index (Phi) is 2.77. The summed E-state index contributed by atoms with van der Waals surface area (Å²) in [6.45, 7) is 4.15. The van der Waals surface area contributed by atoms with Gasteiger partial charge in [0, 0.05) is 18.5 Å². The van der Waals surface area contributed by atoms with Crippen LogP contribution in [0.4, 0.5) is 0 Å². The van der Waals surface area contributed by atoms with E-state index >= 15 is 0 Å². The van der Waals surface area contributed by atoms with E-state index in [1.807, 2.05) is 31.2 Å². The number of rotatable bonds is 3. The summed E-state index contributed by atoms with van der Waals surface area (Å²) >= 11 is 0. The van der Waals surface area contributed by atoms with E-state index in [2.05, 4.69) is 0 Å². The van der Waals surface area contributed by atoms with Crippen molar-refractivity contribution in [2.24, 2.45) is 0 Å². The highest BCUT2D eigenvalue weighted by atomic mass is 16.2. The van der Waals surface area contributed by atoms with Crippen LogP contribution >= 0.6 is 0 Å². The number of carbonyl (C=O) groups is 2. The number of ketones is 1. The Morgan fingerprint density at radius 3 is 2.69 bits per heavy atom. The Balaban J connectivity index is 2.42. The van der Waals surface area contributed by atoms with Crippen molar-refractivity contribution in [3.8, 4) is 0 Å². The molecule has 0 N–H and O–H groups in total. The van der Waals surface area contributed by atoms with E-state index in [9.17, 15) is 9.59 Å². The van der Waals surface area contributed by atoms with E-state index in [1.165, 1.54) is 0 Å². The summed E-state index contributed by atoms with van der Waals surface area (Å²) in [6.07, 6.45) is 0.413. The third-order valence-electron chi connectivity index (χ3n) is 3.01. The summed E-state index contributed by atoms with van der Waals surface area (Å²) < 4.78 is 0. The largest absolute Gasteiger partial charge is 0.331 e. The fourth-order valence-corrected chi connectivity index (χ4v) is 2.30. The molecule has 1 aliphatic rings. The van der Waals surface area contributed by atoms with E-state index in [1.54, 1.807) is 11.8 Å². The van der Waals surface area contributed by atoms with Gasteiger partial charge in [0.1, 0.15) is 5.78 Å². The Morgan fingerprint density at radius 1 is 1.38 bits per heavy atom. The van der Waals surface area contributed by atoms with Gasteiger partial charge in [-0.1, -0.05) is 18.2 Å². The standard InChI is InChI=1S/C13H15NO2/c1-3-14-12(8-9(2)15)10-6-4-5-7-11(10)13(14)16/h4-7,12H,3,8H2,1-2H3. The Bertz CT molecular complexity index is 439. The van der Waals surface area contributed by atoms with E-state index in [0.29, 0.717) is 13.0 Å². The second-order valence-electron chi connectivity index (χ2n) is 4.10. The number of carbonyl (C=O) groups excluding carboxylic acids is 2.